The molecule has 1 heterocycles. The summed E-state index contributed by atoms with van der Waals surface area (Å²) in [5.74, 6) is -0.466. The van der Waals surface area contributed by atoms with E-state index in [1.165, 1.54) is 22.8 Å². The third-order valence-corrected chi connectivity index (χ3v) is 2.59. The van der Waals surface area contributed by atoms with Gasteiger partial charge in [0.1, 0.15) is 24.1 Å². The lowest BCUT2D eigenvalue weighted by Gasteiger charge is -2.05. The molecule has 4 nitrogen and oxygen atoms in total. The first-order valence-electron chi connectivity index (χ1n) is 5.04. The summed E-state index contributed by atoms with van der Waals surface area (Å²) < 4.78 is 28.3. The second kappa shape index (κ2) is 4.58. The van der Waals surface area contributed by atoms with Crippen LogP contribution in [0.3, 0.4) is 0 Å². The van der Waals surface area contributed by atoms with Gasteiger partial charge in [0.25, 0.3) is 0 Å². The van der Waals surface area contributed by atoms with E-state index in [4.69, 9.17) is 5.11 Å². The topological polar surface area (TPSA) is 50.9 Å². The standard InChI is InChI=1S/C11H11F2N3O/c1-16-10(14-15-11(16)6-17)5-7-8(12)3-2-4-9(7)13/h2-4,17H,5-6H2,1H3. The molecule has 0 aliphatic heterocycles. The third kappa shape index (κ3) is 2.16. The second-order valence-corrected chi connectivity index (χ2v) is 3.63. The van der Waals surface area contributed by atoms with E-state index in [9.17, 15) is 8.78 Å². The zero-order chi connectivity index (χ0) is 12.4. The molecule has 0 aliphatic carbocycles. The van der Waals surface area contributed by atoms with Crippen molar-refractivity contribution in [1.29, 1.82) is 0 Å². The number of hydrogen-bond acceptors (Lipinski definition) is 3. The van der Waals surface area contributed by atoms with Crippen molar-refractivity contribution in [3.05, 3.63) is 47.0 Å². The summed E-state index contributed by atoms with van der Waals surface area (Å²) in [4.78, 5) is 0. The molecule has 0 radical (unpaired) electrons. The largest absolute Gasteiger partial charge is 0.388 e. The normalized spacial score (nSPS) is 10.8. The number of aliphatic hydroxyl groups excluding tert-OH is 1. The van der Waals surface area contributed by atoms with Crippen LogP contribution in [0.2, 0.25) is 0 Å². The van der Waals surface area contributed by atoms with E-state index < -0.39 is 11.6 Å². The fourth-order valence-electron chi connectivity index (χ4n) is 1.55. The maximum absolute atomic E-state index is 13.4. The van der Waals surface area contributed by atoms with Crippen LogP contribution in [0.5, 0.6) is 0 Å². The number of aliphatic hydroxyl groups is 1. The van der Waals surface area contributed by atoms with Crippen molar-refractivity contribution in [3.63, 3.8) is 0 Å². The van der Waals surface area contributed by atoms with Gasteiger partial charge in [-0.05, 0) is 12.1 Å². The van der Waals surface area contributed by atoms with Crippen molar-refractivity contribution in [2.75, 3.05) is 0 Å². The monoisotopic (exact) mass is 239 g/mol. The Morgan fingerprint density at radius 2 is 1.76 bits per heavy atom. The number of hydrogen-bond donors (Lipinski definition) is 1. The molecule has 6 heteroatoms. The molecule has 0 aliphatic rings. The summed E-state index contributed by atoms with van der Waals surface area (Å²) in [5.41, 5.74) is -0.0486. The molecule has 0 unspecified atom stereocenters. The van der Waals surface area contributed by atoms with Crippen LogP contribution in [-0.4, -0.2) is 19.9 Å². The molecular weight excluding hydrogens is 228 g/mol. The fraction of sp³-hybridized carbons (Fsp3) is 0.273. The highest BCUT2D eigenvalue weighted by Crippen LogP contribution is 2.16. The van der Waals surface area contributed by atoms with Crippen LogP contribution in [0, 0.1) is 11.6 Å². The Kier molecular flexibility index (Phi) is 3.14. The number of benzene rings is 1. The van der Waals surface area contributed by atoms with Crippen LogP contribution in [0.25, 0.3) is 0 Å². The second-order valence-electron chi connectivity index (χ2n) is 3.63. The molecule has 0 amide bonds. The fourth-order valence-corrected chi connectivity index (χ4v) is 1.55. The quantitative estimate of drug-likeness (QED) is 0.874. The Morgan fingerprint density at radius 3 is 2.29 bits per heavy atom. The molecule has 1 N–H and O–H groups in total. The summed E-state index contributed by atoms with van der Waals surface area (Å²) in [7, 11) is 1.64. The van der Waals surface area contributed by atoms with Gasteiger partial charge in [0.2, 0.25) is 0 Å². The Morgan fingerprint density at radius 1 is 1.18 bits per heavy atom. The first-order valence-corrected chi connectivity index (χ1v) is 5.04. The van der Waals surface area contributed by atoms with Crippen molar-refractivity contribution in [2.45, 2.75) is 13.0 Å². The number of aromatic nitrogens is 3. The zero-order valence-electron chi connectivity index (χ0n) is 9.19. The Labute approximate surface area is 96.5 Å². The van der Waals surface area contributed by atoms with Gasteiger partial charge in [-0.2, -0.15) is 0 Å². The lowest BCUT2D eigenvalue weighted by Crippen LogP contribution is -2.05. The average molecular weight is 239 g/mol. The number of rotatable bonds is 3. The van der Waals surface area contributed by atoms with Gasteiger partial charge < -0.3 is 9.67 Å². The highest BCUT2D eigenvalue weighted by atomic mass is 19.1. The van der Waals surface area contributed by atoms with Crippen LogP contribution in [0.15, 0.2) is 18.2 Å². The number of halogens is 2. The summed E-state index contributed by atoms with van der Waals surface area (Å²) in [6.07, 6.45) is 0.00199. The minimum Gasteiger partial charge on any atom is -0.388 e. The van der Waals surface area contributed by atoms with Crippen molar-refractivity contribution in [3.8, 4) is 0 Å². The van der Waals surface area contributed by atoms with E-state index in [1.807, 2.05) is 0 Å². The summed E-state index contributed by atoms with van der Waals surface area (Å²) in [6.45, 7) is -0.261. The molecule has 0 bridgehead atoms. The van der Waals surface area contributed by atoms with Crippen LogP contribution < -0.4 is 0 Å². The summed E-state index contributed by atoms with van der Waals surface area (Å²) in [6, 6.07) is 3.70. The van der Waals surface area contributed by atoms with Crippen molar-refractivity contribution < 1.29 is 13.9 Å². The summed E-state index contributed by atoms with van der Waals surface area (Å²) >= 11 is 0. The molecule has 0 spiro atoms. The third-order valence-electron chi connectivity index (χ3n) is 2.59. The van der Waals surface area contributed by atoms with Gasteiger partial charge in [0, 0.05) is 19.0 Å². The molecule has 90 valence electrons. The molecular formula is C11H11F2N3O. The van der Waals surface area contributed by atoms with E-state index >= 15 is 0 Å². The molecule has 0 saturated heterocycles. The van der Waals surface area contributed by atoms with E-state index in [0.717, 1.165) is 0 Å². The highest BCUT2D eigenvalue weighted by molar-refractivity contribution is 5.23. The van der Waals surface area contributed by atoms with Gasteiger partial charge in [-0.3, -0.25) is 0 Å². The molecule has 1 aromatic carbocycles. The Balaban J connectivity index is 2.35. The molecule has 2 rings (SSSR count). The molecule has 0 saturated carbocycles. The summed E-state index contributed by atoms with van der Waals surface area (Å²) in [5, 5.41) is 16.4. The molecule has 17 heavy (non-hydrogen) atoms. The van der Waals surface area contributed by atoms with Crippen molar-refractivity contribution >= 4 is 0 Å². The van der Waals surface area contributed by atoms with Crippen molar-refractivity contribution in [2.24, 2.45) is 7.05 Å². The first kappa shape index (κ1) is 11.7. The van der Waals surface area contributed by atoms with Crippen LogP contribution in [-0.2, 0) is 20.1 Å². The molecule has 0 fully saturated rings. The lowest BCUT2D eigenvalue weighted by atomic mass is 10.1. The highest BCUT2D eigenvalue weighted by Gasteiger charge is 2.14. The van der Waals surface area contributed by atoms with Gasteiger partial charge in [-0.25, -0.2) is 8.78 Å². The van der Waals surface area contributed by atoms with Crippen LogP contribution in [0.4, 0.5) is 8.78 Å². The molecule has 1 aromatic heterocycles. The maximum Gasteiger partial charge on any atom is 0.158 e. The first-order chi connectivity index (χ1) is 8.13. The van der Waals surface area contributed by atoms with Gasteiger partial charge >= 0.3 is 0 Å². The van der Waals surface area contributed by atoms with E-state index in [2.05, 4.69) is 10.2 Å². The molecule has 0 atom stereocenters. The predicted octanol–water partition coefficient (Wildman–Crippen LogP) is 1.18. The Bertz CT molecular complexity index is 519. The van der Waals surface area contributed by atoms with E-state index in [1.54, 1.807) is 7.05 Å². The van der Waals surface area contributed by atoms with Crippen molar-refractivity contribution in [1.82, 2.24) is 14.8 Å². The number of nitrogens with zero attached hydrogens (tertiary/aromatic N) is 3. The van der Waals surface area contributed by atoms with Crippen LogP contribution >= 0.6 is 0 Å². The maximum atomic E-state index is 13.4. The predicted molar refractivity (Wildman–Crippen MR) is 56.1 cm³/mol. The smallest absolute Gasteiger partial charge is 0.158 e. The lowest BCUT2D eigenvalue weighted by molar-refractivity contribution is 0.266. The molecule has 2 aromatic rings. The minimum absolute atomic E-state index is 0.00199. The zero-order valence-corrected chi connectivity index (χ0v) is 9.19. The van der Waals surface area contributed by atoms with E-state index in [-0.39, 0.29) is 18.6 Å². The van der Waals surface area contributed by atoms with Gasteiger partial charge in [0.05, 0.1) is 0 Å². The average Bonchev–Trinajstić information content (AvgIpc) is 2.65. The Hall–Kier alpha value is -1.82. The van der Waals surface area contributed by atoms with Gasteiger partial charge in [-0.15, -0.1) is 10.2 Å². The minimum atomic E-state index is -0.612. The van der Waals surface area contributed by atoms with E-state index in [0.29, 0.717) is 11.6 Å². The van der Waals surface area contributed by atoms with Gasteiger partial charge in [0.15, 0.2) is 5.82 Å². The van der Waals surface area contributed by atoms with Gasteiger partial charge in [-0.1, -0.05) is 6.07 Å². The van der Waals surface area contributed by atoms with Crippen LogP contribution in [0.1, 0.15) is 17.2 Å². The SMILES string of the molecule is Cn1c(CO)nnc1Cc1c(F)cccc1F.